The van der Waals surface area contributed by atoms with Gasteiger partial charge in [-0.25, -0.2) is 9.97 Å². The Hall–Kier alpha value is -3.96. The van der Waals surface area contributed by atoms with E-state index in [9.17, 15) is 9.59 Å². The summed E-state index contributed by atoms with van der Waals surface area (Å²) < 4.78 is 18.4. The van der Waals surface area contributed by atoms with E-state index in [2.05, 4.69) is 10.3 Å². The Morgan fingerprint density at radius 1 is 1.12 bits per heavy atom. The normalized spacial score (nSPS) is 14.5. The first-order chi connectivity index (χ1) is 19.3. The molecule has 0 saturated heterocycles. The molecule has 1 amide bonds. The molecule has 2 aromatic carbocycles. The van der Waals surface area contributed by atoms with Crippen LogP contribution in [0.25, 0.3) is 10.3 Å². The Balaban J connectivity index is 1.47. The lowest BCUT2D eigenvalue weighted by Crippen LogP contribution is -2.43. The molecule has 5 rings (SSSR count). The number of carbonyl (C=O) groups excluding carboxylic acids is 1. The van der Waals surface area contributed by atoms with Crippen molar-refractivity contribution in [1.29, 1.82) is 0 Å². The van der Waals surface area contributed by atoms with Crippen LogP contribution >= 0.6 is 11.3 Å². The van der Waals surface area contributed by atoms with Crippen LogP contribution in [-0.4, -0.2) is 54.9 Å². The molecule has 10 nitrogen and oxygen atoms in total. The van der Waals surface area contributed by atoms with Crippen LogP contribution in [0.4, 0.5) is 5.13 Å². The number of amides is 1. The van der Waals surface area contributed by atoms with Crippen molar-refractivity contribution in [2.24, 2.45) is 0 Å². The van der Waals surface area contributed by atoms with Crippen molar-refractivity contribution >= 4 is 32.7 Å². The maximum absolute atomic E-state index is 13.9. The number of likely N-dealkylation sites (N-methyl/N-ethyl adjacent to an activating group) is 1. The number of ether oxygens (including phenoxy) is 3. The highest BCUT2D eigenvalue weighted by atomic mass is 32.1. The molecule has 2 heterocycles. The lowest BCUT2D eigenvalue weighted by molar-refractivity contribution is -0.122. The number of carbonyl (C=O) groups is 1. The van der Waals surface area contributed by atoms with Gasteiger partial charge in [-0.1, -0.05) is 41.7 Å². The predicted molar refractivity (Wildman–Crippen MR) is 154 cm³/mol. The van der Waals surface area contributed by atoms with Crippen molar-refractivity contribution < 1.29 is 19.0 Å². The van der Waals surface area contributed by atoms with Crippen molar-refractivity contribution in [3.63, 3.8) is 0 Å². The SMILES string of the molecule is COc1ccc(Cn2c(C3(OC)CC3)nc3sc(N(C)[C@H](C)C(=O)NCc4ccccc4)nc3c2=O)c(OC)c1. The number of rotatable bonds is 11. The van der Waals surface area contributed by atoms with Crippen LogP contribution in [-0.2, 0) is 28.2 Å². The van der Waals surface area contributed by atoms with E-state index in [1.807, 2.05) is 49.4 Å². The van der Waals surface area contributed by atoms with Gasteiger partial charge in [-0.2, -0.15) is 0 Å². The second-order valence-electron chi connectivity index (χ2n) is 9.84. The first kappa shape index (κ1) is 27.6. The highest BCUT2D eigenvalue weighted by Crippen LogP contribution is 2.48. The van der Waals surface area contributed by atoms with Gasteiger partial charge < -0.3 is 24.4 Å². The summed E-state index contributed by atoms with van der Waals surface area (Å²) in [7, 11) is 6.61. The number of nitrogens with one attached hydrogen (secondary N) is 1. The smallest absolute Gasteiger partial charge is 0.281 e. The number of fused-ring (bicyclic) bond motifs is 1. The molecule has 2 aromatic heterocycles. The first-order valence-electron chi connectivity index (χ1n) is 13.0. The van der Waals surface area contributed by atoms with E-state index in [-0.39, 0.29) is 23.5 Å². The maximum Gasteiger partial charge on any atom is 0.281 e. The minimum atomic E-state index is -0.617. The summed E-state index contributed by atoms with van der Waals surface area (Å²) in [5.41, 5.74) is 1.19. The van der Waals surface area contributed by atoms with Gasteiger partial charge in [0.2, 0.25) is 5.91 Å². The third-order valence-corrected chi connectivity index (χ3v) is 8.45. The van der Waals surface area contributed by atoms with E-state index in [1.54, 1.807) is 43.9 Å². The number of hydrogen-bond donors (Lipinski definition) is 1. The van der Waals surface area contributed by atoms with Crippen molar-refractivity contribution in [3.8, 4) is 11.5 Å². The Bertz CT molecular complexity index is 1580. The molecule has 1 aliphatic carbocycles. The van der Waals surface area contributed by atoms with Crippen LogP contribution in [0.3, 0.4) is 0 Å². The Morgan fingerprint density at radius 2 is 1.88 bits per heavy atom. The molecule has 0 aliphatic heterocycles. The van der Waals surface area contributed by atoms with Crippen LogP contribution < -0.4 is 25.2 Å². The second kappa shape index (κ2) is 11.3. The van der Waals surface area contributed by atoms with Crippen molar-refractivity contribution in [3.05, 3.63) is 75.8 Å². The van der Waals surface area contributed by atoms with E-state index < -0.39 is 11.6 Å². The highest BCUT2D eigenvalue weighted by Gasteiger charge is 2.49. The number of anilines is 1. The lowest BCUT2D eigenvalue weighted by atomic mass is 10.1. The van der Waals surface area contributed by atoms with E-state index in [1.165, 1.54) is 11.3 Å². The molecule has 1 fully saturated rings. The number of thiazole rings is 1. The molecule has 4 aromatic rings. The number of benzene rings is 2. The zero-order valence-electron chi connectivity index (χ0n) is 23.3. The minimum absolute atomic E-state index is 0.139. The van der Waals surface area contributed by atoms with Gasteiger partial charge in [0.1, 0.15) is 29.0 Å². The monoisotopic (exact) mass is 563 g/mol. The zero-order valence-corrected chi connectivity index (χ0v) is 24.1. The average molecular weight is 564 g/mol. The number of aromatic nitrogens is 3. The maximum atomic E-state index is 13.9. The van der Waals surface area contributed by atoms with Crippen LogP contribution in [0.5, 0.6) is 11.5 Å². The topological polar surface area (TPSA) is 108 Å². The molecule has 40 heavy (non-hydrogen) atoms. The summed E-state index contributed by atoms with van der Waals surface area (Å²) in [5.74, 6) is 1.69. The summed E-state index contributed by atoms with van der Waals surface area (Å²) in [6.45, 7) is 2.47. The predicted octanol–water partition coefficient (Wildman–Crippen LogP) is 3.70. The molecule has 210 valence electrons. The average Bonchev–Trinajstić information content (AvgIpc) is 3.67. The minimum Gasteiger partial charge on any atom is -0.497 e. The van der Waals surface area contributed by atoms with Gasteiger partial charge >= 0.3 is 0 Å². The van der Waals surface area contributed by atoms with E-state index in [0.29, 0.717) is 33.8 Å². The molecule has 1 atom stereocenters. The summed E-state index contributed by atoms with van der Waals surface area (Å²) in [6, 6.07) is 14.7. The highest BCUT2D eigenvalue weighted by molar-refractivity contribution is 7.21. The molecule has 0 radical (unpaired) electrons. The summed E-state index contributed by atoms with van der Waals surface area (Å²) in [5, 5.41) is 3.51. The fraction of sp³-hybridized carbons (Fsp3) is 0.379. The third-order valence-electron chi connectivity index (χ3n) is 7.41. The fourth-order valence-corrected chi connectivity index (χ4v) is 5.58. The quantitative estimate of drug-likeness (QED) is 0.294. The van der Waals surface area contributed by atoms with E-state index >= 15 is 0 Å². The van der Waals surface area contributed by atoms with Gasteiger partial charge in [-0.05, 0) is 37.5 Å². The van der Waals surface area contributed by atoms with Gasteiger partial charge in [-0.3, -0.25) is 14.2 Å². The lowest BCUT2D eigenvalue weighted by Gasteiger charge is -2.23. The van der Waals surface area contributed by atoms with Crippen LogP contribution in [0.2, 0.25) is 0 Å². The van der Waals surface area contributed by atoms with Crippen LogP contribution in [0, 0.1) is 0 Å². The largest absolute Gasteiger partial charge is 0.497 e. The second-order valence-corrected chi connectivity index (χ2v) is 10.8. The van der Waals surface area contributed by atoms with Gasteiger partial charge in [-0.15, -0.1) is 0 Å². The molecule has 0 unspecified atom stereocenters. The summed E-state index contributed by atoms with van der Waals surface area (Å²) in [6.07, 6.45) is 1.54. The molecule has 0 bridgehead atoms. The van der Waals surface area contributed by atoms with Crippen molar-refractivity contribution in [2.45, 2.75) is 44.5 Å². The standard InChI is InChI=1S/C29H33N5O5S/c1-18(24(35)30-16-19-9-7-6-8-10-19)33(2)28-31-23-25(40-28)32-27(29(39-5)13-14-29)34(26(23)36)17-20-11-12-21(37-3)15-22(20)38-4/h6-12,15,18H,13-14,16-17H2,1-5H3,(H,30,35)/t18-/m1/s1. The van der Waals surface area contributed by atoms with E-state index in [4.69, 9.17) is 19.2 Å². The molecule has 0 spiro atoms. The molecule has 1 N–H and O–H groups in total. The van der Waals surface area contributed by atoms with Crippen molar-refractivity contribution in [1.82, 2.24) is 19.9 Å². The summed E-state index contributed by atoms with van der Waals surface area (Å²) >= 11 is 1.29. The first-order valence-corrected chi connectivity index (χ1v) is 13.8. The van der Waals surface area contributed by atoms with Crippen molar-refractivity contribution in [2.75, 3.05) is 33.3 Å². The Kier molecular flexibility index (Phi) is 7.77. The number of hydrogen-bond acceptors (Lipinski definition) is 9. The summed E-state index contributed by atoms with van der Waals surface area (Å²) in [4.78, 5) is 38.7. The van der Waals surface area contributed by atoms with Gasteiger partial charge in [0.05, 0.1) is 20.8 Å². The van der Waals surface area contributed by atoms with Crippen LogP contribution in [0.15, 0.2) is 53.3 Å². The Labute approximate surface area is 236 Å². The van der Waals surface area contributed by atoms with Gasteiger partial charge in [0, 0.05) is 32.3 Å². The molecule has 1 saturated carbocycles. The van der Waals surface area contributed by atoms with Crippen LogP contribution in [0.1, 0.15) is 36.7 Å². The molecular weight excluding hydrogens is 530 g/mol. The molecule has 1 aliphatic rings. The van der Waals surface area contributed by atoms with Gasteiger partial charge in [0.15, 0.2) is 15.5 Å². The van der Waals surface area contributed by atoms with Gasteiger partial charge in [0.25, 0.3) is 5.56 Å². The zero-order chi connectivity index (χ0) is 28.4. The number of methoxy groups -OCH3 is 3. The fourth-order valence-electron chi connectivity index (χ4n) is 4.60. The van der Waals surface area contributed by atoms with E-state index in [0.717, 1.165) is 24.0 Å². The molecular formula is C29H33N5O5S. The Morgan fingerprint density at radius 3 is 2.52 bits per heavy atom. The molecule has 11 heteroatoms. The number of nitrogens with zero attached hydrogens (tertiary/aromatic N) is 4. The third kappa shape index (κ3) is 5.26.